The molecule has 0 aliphatic carbocycles. The summed E-state index contributed by atoms with van der Waals surface area (Å²) < 4.78 is 9.47. The first-order valence-corrected chi connectivity index (χ1v) is 32.3. The zero-order chi connectivity index (χ0) is 63.5. The fourth-order valence-electron chi connectivity index (χ4n) is 8.31. The molecule has 0 bridgehead atoms. The fraction of sp³-hybridized carbons (Fsp3) is 0.364. The third-order valence-corrected chi connectivity index (χ3v) is 16.0. The molecule has 4 aromatic carbocycles. The van der Waals surface area contributed by atoms with E-state index in [1.165, 1.54) is 64.5 Å². The van der Waals surface area contributed by atoms with Gasteiger partial charge < -0.3 is 30.3 Å². The number of thioether (sulfide) groups is 2. The number of benzene rings is 4. The van der Waals surface area contributed by atoms with Gasteiger partial charge in [-0.15, -0.1) is 9.24 Å². The smallest absolute Gasteiger partial charge is 0.409 e. The first kappa shape index (κ1) is 71.2. The second-order valence-electron chi connectivity index (χ2n) is 18.3. The third-order valence-electron chi connectivity index (χ3n) is 12.2. The van der Waals surface area contributed by atoms with Gasteiger partial charge in [-0.25, -0.2) is 9.59 Å². The van der Waals surface area contributed by atoms with E-state index in [4.69, 9.17) is 22.1 Å². The van der Waals surface area contributed by atoms with Crippen molar-refractivity contribution in [2.45, 2.75) is 97.3 Å². The lowest BCUT2D eigenvalue weighted by molar-refractivity contribution is -0.385. The molecule has 5 N–H and O–H groups in total. The summed E-state index contributed by atoms with van der Waals surface area (Å²) in [7, 11) is 3.26. The van der Waals surface area contributed by atoms with Gasteiger partial charge in [0.25, 0.3) is 28.4 Å². The van der Waals surface area contributed by atoms with Crippen LogP contribution in [0.3, 0.4) is 0 Å². The number of ether oxygens (including phenoxy) is 2. The number of nitro benzene ring substituents is 2. The molecule has 7 amide bonds. The summed E-state index contributed by atoms with van der Waals surface area (Å²) in [5, 5.41) is 27.3. The summed E-state index contributed by atoms with van der Waals surface area (Å²) in [6.45, 7) is 6.56. The van der Waals surface area contributed by atoms with Gasteiger partial charge in [0.05, 0.1) is 9.85 Å². The number of nitrogens with zero attached hydrogens (tertiary/aromatic N) is 4. The standard InChI is InChI=1S/C20H24N3O5PS.C13H13N3O3.C13H16NO5PS.C7H4ClNO4.C2H7P/c1-2-29-17(25)7-4-10-30-20(28)21-14-6-3-5-12-13(14)11-23(19(12)27)15-8-9-16(24)22-18(15)26;14-9-3-1-2-7-8(9)6-16(13(7)19)10-4-5-11(17)15-12(10)18;1-2-20-12(15)4-3-9-21-13(16)19-11-7-5-10(6-8-11)14(17)18;8-7(10)13-6-3-1-5(2-4-6)9(11)12;1-2-3/h3,5-6,15,29H,2,4,7-11H2,1H3,(H,21,28)(H,22,24,26);1-3,10H,4-6,14H2,(H,15,17,18);5-8,20H,2-4,9H2,1H3;1-4H;2-3H2,1H3. The zero-order valence-corrected chi connectivity index (χ0v) is 52.5. The number of imide groups is 2. The van der Waals surface area contributed by atoms with Crippen molar-refractivity contribution in [3.05, 3.63) is 127 Å². The van der Waals surface area contributed by atoms with E-state index in [0.717, 1.165) is 41.4 Å². The molecule has 25 nitrogen and oxygen atoms in total. The quantitative estimate of drug-likeness (QED) is 0.00991. The van der Waals surface area contributed by atoms with Crippen LogP contribution in [0.5, 0.6) is 11.5 Å². The Hall–Kier alpha value is -7.27. The zero-order valence-electron chi connectivity index (χ0n) is 46.9. The number of carbonyl (C=O) groups is 11. The number of anilines is 2. The molecule has 86 heavy (non-hydrogen) atoms. The predicted octanol–water partition coefficient (Wildman–Crippen LogP) is 9.79. The molecule has 31 heteroatoms. The Morgan fingerprint density at radius 2 is 1.10 bits per heavy atom. The van der Waals surface area contributed by atoms with E-state index in [-0.39, 0.29) is 82.2 Å². The number of nitrogen functional groups attached to an aromatic ring is 1. The molecule has 4 heterocycles. The summed E-state index contributed by atoms with van der Waals surface area (Å²) in [5.41, 5.74) is 8.74. The molecule has 460 valence electrons. The molecule has 2 saturated heterocycles. The van der Waals surface area contributed by atoms with Gasteiger partial charge in [-0.05, 0) is 104 Å². The van der Waals surface area contributed by atoms with Crippen LogP contribution >= 0.6 is 61.5 Å². The number of piperidine rings is 2. The Bertz CT molecular complexity index is 3170. The monoisotopic (exact) mass is 1300 g/mol. The number of non-ortho nitro benzene ring substituents is 2. The molecule has 4 aliphatic rings. The maximum Gasteiger partial charge on any atom is 0.409 e. The Labute approximate surface area is 513 Å². The van der Waals surface area contributed by atoms with E-state index in [9.17, 15) is 73.0 Å². The molecular formula is C55H64ClN8O17P3S2. The number of nitrogens with two attached hydrogens (primary N) is 1. The Kier molecular flexibility index (Phi) is 30.4. The highest BCUT2D eigenvalue weighted by Gasteiger charge is 2.41. The highest BCUT2D eigenvalue weighted by Crippen LogP contribution is 2.34. The van der Waals surface area contributed by atoms with Gasteiger partial charge in [-0.3, -0.25) is 74.0 Å². The normalized spacial score (nSPS) is 15.7. The van der Waals surface area contributed by atoms with E-state index in [1.807, 2.05) is 13.8 Å². The van der Waals surface area contributed by atoms with E-state index >= 15 is 0 Å². The summed E-state index contributed by atoms with van der Waals surface area (Å²) in [6, 6.07) is 19.3. The number of carbonyl (C=O) groups excluding carboxylic acids is 11. The van der Waals surface area contributed by atoms with Crippen molar-refractivity contribution in [2.75, 3.05) is 41.0 Å². The highest BCUT2D eigenvalue weighted by molar-refractivity contribution is 8.14. The van der Waals surface area contributed by atoms with Crippen LogP contribution < -0.4 is 31.2 Å². The molecule has 5 unspecified atom stereocenters. The van der Waals surface area contributed by atoms with Crippen LogP contribution in [0.1, 0.15) is 104 Å². The van der Waals surface area contributed by atoms with Crippen molar-refractivity contribution in [3.63, 3.8) is 0 Å². The molecular weight excluding hydrogens is 1240 g/mol. The minimum Gasteiger partial charge on any atom is -0.418 e. The third kappa shape index (κ3) is 22.9. The number of nitrogens with one attached hydrogen (secondary N) is 3. The van der Waals surface area contributed by atoms with Crippen LogP contribution in [0.2, 0.25) is 0 Å². The van der Waals surface area contributed by atoms with Crippen molar-refractivity contribution in [2.24, 2.45) is 0 Å². The van der Waals surface area contributed by atoms with E-state index in [0.29, 0.717) is 102 Å². The number of hydrogen-bond donors (Lipinski definition) is 4. The largest absolute Gasteiger partial charge is 0.418 e. The number of nitro groups is 2. The van der Waals surface area contributed by atoms with E-state index in [1.54, 1.807) is 36.4 Å². The van der Waals surface area contributed by atoms with Crippen molar-refractivity contribution < 1.29 is 72.1 Å². The van der Waals surface area contributed by atoms with Gasteiger partial charge in [0.15, 0.2) is 11.0 Å². The lowest BCUT2D eigenvalue weighted by Crippen LogP contribution is -2.52. The van der Waals surface area contributed by atoms with Crippen molar-refractivity contribution >= 4 is 147 Å². The Morgan fingerprint density at radius 3 is 1.53 bits per heavy atom. The second-order valence-corrected chi connectivity index (χ2v) is 24.8. The molecule has 4 aliphatic heterocycles. The van der Waals surface area contributed by atoms with Crippen LogP contribution in [0.4, 0.5) is 37.1 Å². The number of amides is 7. The first-order chi connectivity index (χ1) is 41.0. The molecule has 2 fully saturated rings. The topological polar surface area (TPSA) is 361 Å². The minimum atomic E-state index is -0.978. The number of fused-ring (bicyclic) bond motifs is 2. The fourth-order valence-corrected chi connectivity index (χ4v) is 11.2. The van der Waals surface area contributed by atoms with Gasteiger partial charge in [0.2, 0.25) is 23.6 Å². The van der Waals surface area contributed by atoms with Crippen LogP contribution in [-0.2, 0) is 41.9 Å². The van der Waals surface area contributed by atoms with Crippen LogP contribution in [0.15, 0.2) is 84.9 Å². The number of rotatable bonds is 19. The average molecular weight is 1300 g/mol. The average Bonchev–Trinajstić information content (AvgIpc) is 1.78. The summed E-state index contributed by atoms with van der Waals surface area (Å²) in [4.78, 5) is 151. The second kappa shape index (κ2) is 36.7. The van der Waals surface area contributed by atoms with E-state index in [2.05, 4.69) is 36.9 Å². The van der Waals surface area contributed by atoms with Crippen LogP contribution in [0.25, 0.3) is 0 Å². The highest BCUT2D eigenvalue weighted by atomic mass is 35.5. The SMILES string of the molecule is CCP.CCPC(=O)CCCSC(=O)Nc1cccc2c1CN(C1CCC(=O)NC1=O)C2=O.CCPC(=O)CCCSC(=O)Oc1ccc([N+](=O)[O-])cc1.Nc1cccc2c1CN(C1CCC(=O)NC1=O)C2=O.O=C(Cl)Oc1ccc([N+](=O)[O-])cc1. The molecule has 8 rings (SSSR count). The minimum absolute atomic E-state index is 0.0577. The molecule has 0 radical (unpaired) electrons. The maximum atomic E-state index is 12.8. The molecule has 4 aromatic rings. The number of hydrogen-bond acceptors (Lipinski definition) is 20. The van der Waals surface area contributed by atoms with Crippen LogP contribution in [-0.4, -0.2) is 124 Å². The van der Waals surface area contributed by atoms with Gasteiger partial charge in [-0.1, -0.05) is 61.8 Å². The Balaban J connectivity index is 0.000000251. The molecule has 5 atom stereocenters. The van der Waals surface area contributed by atoms with E-state index < -0.39 is 44.5 Å². The summed E-state index contributed by atoms with van der Waals surface area (Å²) in [6.07, 6.45) is 6.28. The lowest BCUT2D eigenvalue weighted by Gasteiger charge is -2.29. The van der Waals surface area contributed by atoms with Crippen molar-refractivity contribution in [3.8, 4) is 11.5 Å². The first-order valence-electron chi connectivity index (χ1n) is 26.7. The van der Waals surface area contributed by atoms with Gasteiger partial charge >= 0.3 is 10.7 Å². The summed E-state index contributed by atoms with van der Waals surface area (Å²) >= 11 is 7.03. The number of halogens is 1. The molecule has 0 aromatic heterocycles. The maximum absolute atomic E-state index is 12.8. The van der Waals surface area contributed by atoms with Crippen molar-refractivity contribution in [1.29, 1.82) is 0 Å². The van der Waals surface area contributed by atoms with Crippen LogP contribution in [0, 0.1) is 20.2 Å². The van der Waals surface area contributed by atoms with Gasteiger partial charge in [-0.2, -0.15) is 0 Å². The predicted molar refractivity (Wildman–Crippen MR) is 334 cm³/mol. The van der Waals surface area contributed by atoms with Gasteiger partial charge in [0.1, 0.15) is 23.6 Å². The molecule has 0 saturated carbocycles. The Morgan fingerprint density at radius 1 is 0.674 bits per heavy atom. The summed E-state index contributed by atoms with van der Waals surface area (Å²) in [5.74, 6) is -0.467. The van der Waals surface area contributed by atoms with Gasteiger partial charge in [0, 0.05) is 120 Å². The molecule has 0 spiro atoms. The lowest BCUT2D eigenvalue weighted by atomic mass is 10.0. The van der Waals surface area contributed by atoms with Crippen molar-refractivity contribution in [1.82, 2.24) is 20.4 Å².